The lowest BCUT2D eigenvalue weighted by atomic mass is 9.89. The van der Waals surface area contributed by atoms with Crippen molar-refractivity contribution < 1.29 is 0 Å². The first kappa shape index (κ1) is 18.8. The second-order valence-corrected chi connectivity index (χ2v) is 10.1. The van der Waals surface area contributed by atoms with Crippen molar-refractivity contribution in [2.75, 3.05) is 5.75 Å². The van der Waals surface area contributed by atoms with Gasteiger partial charge in [0.2, 0.25) is 0 Å². The van der Waals surface area contributed by atoms with Gasteiger partial charge in [0.25, 0.3) is 5.56 Å². The predicted molar refractivity (Wildman–Crippen MR) is 117 cm³/mol. The Bertz CT molecular complexity index is 1000. The van der Waals surface area contributed by atoms with Crippen LogP contribution in [-0.4, -0.2) is 15.3 Å². The number of thiophene rings is 1. The molecule has 1 aromatic carbocycles. The van der Waals surface area contributed by atoms with Gasteiger partial charge in [-0.15, -0.1) is 11.3 Å². The van der Waals surface area contributed by atoms with E-state index in [0.29, 0.717) is 11.8 Å². The number of rotatable bonds is 5. The molecular formula is C22H26N2OS2. The van der Waals surface area contributed by atoms with Gasteiger partial charge in [-0.1, -0.05) is 50.7 Å². The number of aryl methyl sites for hydroxylation is 1. The molecule has 0 N–H and O–H groups in total. The highest BCUT2D eigenvalue weighted by atomic mass is 32.2. The van der Waals surface area contributed by atoms with E-state index >= 15 is 0 Å². The first-order valence-electron chi connectivity index (χ1n) is 9.80. The third kappa shape index (κ3) is 3.72. The van der Waals surface area contributed by atoms with E-state index in [2.05, 4.69) is 20.8 Å². The summed E-state index contributed by atoms with van der Waals surface area (Å²) in [6.45, 7) is 6.77. The Morgan fingerprint density at radius 3 is 2.81 bits per heavy atom. The number of hydrogen-bond acceptors (Lipinski definition) is 4. The normalized spacial score (nSPS) is 16.8. The lowest BCUT2D eigenvalue weighted by Gasteiger charge is -2.18. The molecule has 0 saturated carbocycles. The highest BCUT2D eigenvalue weighted by Gasteiger charge is 2.25. The molecule has 1 unspecified atom stereocenters. The summed E-state index contributed by atoms with van der Waals surface area (Å²) in [4.78, 5) is 20.9. The summed E-state index contributed by atoms with van der Waals surface area (Å²) in [6.07, 6.45) is 4.36. The van der Waals surface area contributed by atoms with Crippen LogP contribution >= 0.6 is 23.1 Å². The summed E-state index contributed by atoms with van der Waals surface area (Å²) in [6, 6.07) is 9.96. The maximum Gasteiger partial charge on any atom is 0.267 e. The van der Waals surface area contributed by atoms with Crippen molar-refractivity contribution >= 4 is 33.3 Å². The Balaban J connectivity index is 1.88. The fourth-order valence-corrected chi connectivity index (χ4v) is 6.33. The largest absolute Gasteiger partial charge is 0.268 e. The Morgan fingerprint density at radius 1 is 1.30 bits per heavy atom. The standard InChI is InChI=1S/C22H26N2OS2/c1-14(2)11-12-26-22-23-20-19(17-10-9-15(3)13-18(17)27-20)21(25)24(22)16-7-5-4-6-8-16/h4-8,14-15H,9-13H2,1-3H3. The average Bonchev–Trinajstić information content (AvgIpc) is 2.99. The van der Waals surface area contributed by atoms with Crippen LogP contribution in [0.1, 0.15) is 44.1 Å². The monoisotopic (exact) mass is 398 g/mol. The van der Waals surface area contributed by atoms with Gasteiger partial charge in [-0.2, -0.15) is 0 Å². The number of thioether (sulfide) groups is 1. The van der Waals surface area contributed by atoms with E-state index in [-0.39, 0.29) is 5.56 Å². The molecule has 0 aliphatic heterocycles. The van der Waals surface area contributed by atoms with Crippen molar-refractivity contribution in [1.82, 2.24) is 9.55 Å². The Labute approximate surface area is 168 Å². The third-order valence-electron chi connectivity index (χ3n) is 5.24. The van der Waals surface area contributed by atoms with Crippen LogP contribution in [0.15, 0.2) is 40.3 Å². The lowest BCUT2D eigenvalue weighted by Crippen LogP contribution is -2.22. The van der Waals surface area contributed by atoms with Crippen molar-refractivity contribution in [1.29, 1.82) is 0 Å². The van der Waals surface area contributed by atoms with Gasteiger partial charge >= 0.3 is 0 Å². The van der Waals surface area contributed by atoms with E-state index < -0.39 is 0 Å². The zero-order chi connectivity index (χ0) is 19.0. The van der Waals surface area contributed by atoms with Gasteiger partial charge in [0.05, 0.1) is 11.1 Å². The number of benzene rings is 1. The van der Waals surface area contributed by atoms with Gasteiger partial charge in [0.15, 0.2) is 5.16 Å². The molecule has 2 heterocycles. The van der Waals surface area contributed by atoms with Crippen LogP contribution in [0.2, 0.25) is 0 Å². The van der Waals surface area contributed by atoms with Crippen molar-refractivity contribution in [3.8, 4) is 5.69 Å². The smallest absolute Gasteiger partial charge is 0.267 e. The molecule has 0 fully saturated rings. The Morgan fingerprint density at radius 2 is 2.07 bits per heavy atom. The topological polar surface area (TPSA) is 34.9 Å². The third-order valence-corrected chi connectivity index (χ3v) is 7.36. The zero-order valence-corrected chi connectivity index (χ0v) is 17.8. The lowest BCUT2D eigenvalue weighted by molar-refractivity contribution is 0.509. The van der Waals surface area contributed by atoms with Crippen molar-refractivity contribution in [2.24, 2.45) is 11.8 Å². The molecule has 2 aromatic heterocycles. The van der Waals surface area contributed by atoms with E-state index in [1.54, 1.807) is 23.1 Å². The molecule has 27 heavy (non-hydrogen) atoms. The summed E-state index contributed by atoms with van der Waals surface area (Å²) >= 11 is 3.44. The fourth-order valence-electron chi connectivity index (χ4n) is 3.66. The molecule has 0 saturated heterocycles. The first-order chi connectivity index (χ1) is 13.0. The summed E-state index contributed by atoms with van der Waals surface area (Å²) in [5, 5.41) is 1.69. The molecule has 4 rings (SSSR count). The average molecular weight is 399 g/mol. The SMILES string of the molecule is CC(C)CCSc1nc2sc3c(c2c(=O)n1-c1ccccc1)CCC(C)C3. The molecule has 1 aliphatic rings. The number of nitrogens with zero attached hydrogens (tertiary/aromatic N) is 2. The molecule has 3 nitrogen and oxygen atoms in total. The van der Waals surface area contributed by atoms with Crippen LogP contribution < -0.4 is 5.56 Å². The van der Waals surface area contributed by atoms with E-state index in [4.69, 9.17) is 4.98 Å². The second-order valence-electron chi connectivity index (χ2n) is 7.93. The maximum absolute atomic E-state index is 13.6. The summed E-state index contributed by atoms with van der Waals surface area (Å²) in [5.74, 6) is 2.32. The van der Waals surface area contributed by atoms with Crippen molar-refractivity contribution in [3.05, 3.63) is 51.1 Å². The van der Waals surface area contributed by atoms with Crippen LogP contribution in [0.25, 0.3) is 15.9 Å². The van der Waals surface area contributed by atoms with E-state index in [1.807, 2.05) is 34.9 Å². The maximum atomic E-state index is 13.6. The van der Waals surface area contributed by atoms with Gasteiger partial charge < -0.3 is 0 Å². The van der Waals surface area contributed by atoms with Crippen molar-refractivity contribution in [3.63, 3.8) is 0 Å². The molecule has 0 radical (unpaired) electrons. The summed E-state index contributed by atoms with van der Waals surface area (Å²) in [5.41, 5.74) is 2.27. The number of fused-ring (bicyclic) bond motifs is 3. The molecule has 0 spiro atoms. The van der Waals surface area contributed by atoms with E-state index in [1.165, 1.54) is 10.4 Å². The van der Waals surface area contributed by atoms with Gasteiger partial charge in [-0.25, -0.2) is 4.98 Å². The van der Waals surface area contributed by atoms with Crippen LogP contribution in [0, 0.1) is 11.8 Å². The molecule has 0 bridgehead atoms. The Hall–Kier alpha value is -1.59. The molecule has 1 aliphatic carbocycles. The fraction of sp³-hybridized carbons (Fsp3) is 0.455. The molecular weight excluding hydrogens is 372 g/mol. The molecule has 3 aromatic rings. The van der Waals surface area contributed by atoms with Crippen molar-refractivity contribution in [2.45, 2.75) is 51.6 Å². The predicted octanol–water partition coefficient (Wildman–Crippen LogP) is 5.71. The number of para-hydroxylation sites is 1. The van der Waals surface area contributed by atoms with Gasteiger partial charge in [-0.05, 0) is 55.2 Å². The minimum absolute atomic E-state index is 0.102. The minimum atomic E-state index is 0.102. The van der Waals surface area contributed by atoms with E-state index in [0.717, 1.165) is 52.5 Å². The van der Waals surface area contributed by atoms with E-state index in [9.17, 15) is 4.79 Å². The molecule has 5 heteroatoms. The second kappa shape index (κ2) is 7.80. The minimum Gasteiger partial charge on any atom is -0.268 e. The van der Waals surface area contributed by atoms with Crippen LogP contribution in [0.3, 0.4) is 0 Å². The van der Waals surface area contributed by atoms with Crippen LogP contribution in [0.4, 0.5) is 0 Å². The number of hydrogen-bond donors (Lipinski definition) is 0. The highest BCUT2D eigenvalue weighted by molar-refractivity contribution is 7.99. The zero-order valence-electron chi connectivity index (χ0n) is 16.2. The van der Waals surface area contributed by atoms with Crippen LogP contribution in [0.5, 0.6) is 0 Å². The van der Waals surface area contributed by atoms with Gasteiger partial charge in [0.1, 0.15) is 4.83 Å². The quantitative estimate of drug-likeness (QED) is 0.408. The summed E-state index contributed by atoms with van der Waals surface area (Å²) < 4.78 is 1.83. The van der Waals surface area contributed by atoms with Gasteiger partial charge in [-0.3, -0.25) is 9.36 Å². The van der Waals surface area contributed by atoms with Crippen LogP contribution in [-0.2, 0) is 12.8 Å². The molecule has 1 atom stereocenters. The molecule has 0 amide bonds. The highest BCUT2D eigenvalue weighted by Crippen LogP contribution is 2.37. The number of aromatic nitrogens is 2. The molecule has 142 valence electrons. The first-order valence-corrected chi connectivity index (χ1v) is 11.6. The Kier molecular flexibility index (Phi) is 5.42. The summed E-state index contributed by atoms with van der Waals surface area (Å²) in [7, 11) is 0. The van der Waals surface area contributed by atoms with Gasteiger partial charge in [0, 0.05) is 10.6 Å².